The van der Waals surface area contributed by atoms with E-state index >= 15 is 0 Å². The fourth-order valence-electron chi connectivity index (χ4n) is 3.27. The Balaban J connectivity index is 1.50. The molecule has 0 saturated carbocycles. The van der Waals surface area contributed by atoms with Gasteiger partial charge >= 0.3 is 0 Å². The highest BCUT2D eigenvalue weighted by Gasteiger charge is 2.27. The highest BCUT2D eigenvalue weighted by atomic mass is 79.9. The fraction of sp³-hybridized carbons (Fsp3) is 0.238. The van der Waals surface area contributed by atoms with Crippen LogP contribution < -0.4 is 4.74 Å². The Morgan fingerprint density at radius 3 is 2.58 bits per heavy atom. The van der Waals surface area contributed by atoms with Crippen molar-refractivity contribution in [1.82, 2.24) is 9.47 Å². The van der Waals surface area contributed by atoms with Gasteiger partial charge in [-0.05, 0) is 48.0 Å². The molecule has 4 rings (SSSR count). The number of hydrogen-bond acceptors (Lipinski definition) is 3. The van der Waals surface area contributed by atoms with Crippen LogP contribution >= 0.6 is 15.9 Å². The van der Waals surface area contributed by atoms with Crippen LogP contribution in [0.2, 0.25) is 0 Å². The van der Waals surface area contributed by atoms with Crippen LogP contribution in [0, 0.1) is 0 Å². The second kappa shape index (κ2) is 7.66. The standard InChI is InChI=1S/C21H21BrN2O2/c1-25-20-8-2-16(3-9-20)14-24-12-13-26-21(24)17-10-11-23(15-17)19-6-4-18(22)5-7-19/h2-11,15,21H,12-14H2,1H3. The second-order valence-electron chi connectivity index (χ2n) is 6.37. The Morgan fingerprint density at radius 1 is 1.08 bits per heavy atom. The van der Waals surface area contributed by atoms with E-state index in [0.29, 0.717) is 0 Å². The molecule has 0 bridgehead atoms. The smallest absolute Gasteiger partial charge is 0.138 e. The minimum absolute atomic E-state index is 0.00574. The van der Waals surface area contributed by atoms with Gasteiger partial charge in [0.05, 0.1) is 13.7 Å². The summed E-state index contributed by atoms with van der Waals surface area (Å²) in [5, 5.41) is 0. The maximum atomic E-state index is 6.02. The lowest BCUT2D eigenvalue weighted by Gasteiger charge is -2.22. The average Bonchev–Trinajstić information content (AvgIpc) is 3.32. The van der Waals surface area contributed by atoms with E-state index < -0.39 is 0 Å². The number of nitrogens with zero attached hydrogens (tertiary/aromatic N) is 2. The van der Waals surface area contributed by atoms with E-state index in [4.69, 9.17) is 9.47 Å². The molecule has 2 aromatic carbocycles. The summed E-state index contributed by atoms with van der Waals surface area (Å²) in [5.41, 5.74) is 3.58. The van der Waals surface area contributed by atoms with Crippen molar-refractivity contribution in [3.63, 3.8) is 0 Å². The van der Waals surface area contributed by atoms with Crippen LogP contribution in [0.1, 0.15) is 17.4 Å². The molecular weight excluding hydrogens is 392 g/mol. The highest BCUT2D eigenvalue weighted by Crippen LogP contribution is 2.30. The predicted molar refractivity (Wildman–Crippen MR) is 106 cm³/mol. The molecule has 0 N–H and O–H groups in total. The summed E-state index contributed by atoms with van der Waals surface area (Å²) in [6.07, 6.45) is 4.24. The van der Waals surface area contributed by atoms with Crippen LogP contribution in [-0.4, -0.2) is 29.7 Å². The number of ether oxygens (including phenoxy) is 2. The first kappa shape index (κ1) is 17.3. The Labute approximate surface area is 162 Å². The van der Waals surface area contributed by atoms with E-state index in [2.05, 4.69) is 80.3 Å². The molecule has 1 aromatic heterocycles. The lowest BCUT2D eigenvalue weighted by atomic mass is 10.2. The molecule has 1 saturated heterocycles. The zero-order valence-corrected chi connectivity index (χ0v) is 16.2. The minimum atomic E-state index is -0.00574. The first-order chi connectivity index (χ1) is 12.7. The molecule has 5 heteroatoms. The third-order valence-electron chi connectivity index (χ3n) is 4.66. The van der Waals surface area contributed by atoms with Gasteiger partial charge in [-0.3, -0.25) is 4.90 Å². The van der Waals surface area contributed by atoms with Gasteiger partial charge in [-0.1, -0.05) is 28.1 Å². The summed E-state index contributed by atoms with van der Waals surface area (Å²) in [4.78, 5) is 2.36. The number of halogens is 1. The lowest BCUT2D eigenvalue weighted by Crippen LogP contribution is -2.23. The van der Waals surface area contributed by atoms with Crippen LogP contribution in [-0.2, 0) is 11.3 Å². The fourth-order valence-corrected chi connectivity index (χ4v) is 3.54. The Hall–Kier alpha value is -2.08. The number of rotatable bonds is 5. The summed E-state index contributed by atoms with van der Waals surface area (Å²) in [7, 11) is 1.69. The SMILES string of the molecule is COc1ccc(CN2CCOC2c2ccn(-c3ccc(Br)cc3)c2)cc1. The molecule has 1 atom stereocenters. The van der Waals surface area contributed by atoms with Crippen molar-refractivity contribution in [1.29, 1.82) is 0 Å². The van der Waals surface area contributed by atoms with Gasteiger partial charge in [-0.2, -0.15) is 0 Å². The van der Waals surface area contributed by atoms with Gasteiger partial charge in [-0.25, -0.2) is 0 Å². The second-order valence-corrected chi connectivity index (χ2v) is 7.29. The first-order valence-corrected chi connectivity index (χ1v) is 9.45. The highest BCUT2D eigenvalue weighted by molar-refractivity contribution is 9.10. The van der Waals surface area contributed by atoms with Crippen molar-refractivity contribution in [2.75, 3.05) is 20.3 Å². The van der Waals surface area contributed by atoms with Gasteiger partial charge in [0.2, 0.25) is 0 Å². The van der Waals surface area contributed by atoms with Gasteiger partial charge in [0.15, 0.2) is 0 Å². The number of aromatic nitrogens is 1. The molecule has 1 aliphatic heterocycles. The third kappa shape index (κ3) is 3.70. The summed E-state index contributed by atoms with van der Waals surface area (Å²) in [5.74, 6) is 0.884. The van der Waals surface area contributed by atoms with Crippen molar-refractivity contribution in [2.45, 2.75) is 12.8 Å². The number of methoxy groups -OCH3 is 1. The van der Waals surface area contributed by atoms with Crippen LogP contribution in [0.4, 0.5) is 0 Å². The Bertz CT molecular complexity index is 858. The number of hydrogen-bond donors (Lipinski definition) is 0. The van der Waals surface area contributed by atoms with Crippen molar-refractivity contribution in [3.05, 3.63) is 82.6 Å². The maximum absolute atomic E-state index is 6.02. The zero-order chi connectivity index (χ0) is 17.9. The molecule has 1 aliphatic rings. The van der Waals surface area contributed by atoms with Gasteiger partial charge < -0.3 is 14.0 Å². The minimum Gasteiger partial charge on any atom is -0.497 e. The van der Waals surface area contributed by atoms with E-state index in [0.717, 1.165) is 35.6 Å². The van der Waals surface area contributed by atoms with E-state index in [-0.39, 0.29) is 6.23 Å². The summed E-state index contributed by atoms with van der Waals surface area (Å²) in [6, 6.07) is 18.7. The van der Waals surface area contributed by atoms with Crippen LogP contribution in [0.15, 0.2) is 71.5 Å². The van der Waals surface area contributed by atoms with E-state index in [1.54, 1.807) is 7.11 Å². The molecule has 0 spiro atoms. The predicted octanol–water partition coefficient (Wildman–Crippen LogP) is 4.78. The normalized spacial score (nSPS) is 17.5. The molecular formula is C21H21BrN2O2. The Morgan fingerprint density at radius 2 is 1.85 bits per heavy atom. The monoisotopic (exact) mass is 412 g/mol. The molecule has 4 nitrogen and oxygen atoms in total. The quantitative estimate of drug-likeness (QED) is 0.603. The van der Waals surface area contributed by atoms with Crippen molar-refractivity contribution < 1.29 is 9.47 Å². The van der Waals surface area contributed by atoms with Gasteiger partial charge in [0, 0.05) is 41.2 Å². The van der Waals surface area contributed by atoms with Crippen LogP contribution in [0.3, 0.4) is 0 Å². The molecule has 2 heterocycles. The summed E-state index contributed by atoms with van der Waals surface area (Å²) < 4.78 is 14.5. The topological polar surface area (TPSA) is 26.6 Å². The molecule has 0 amide bonds. The molecule has 26 heavy (non-hydrogen) atoms. The van der Waals surface area contributed by atoms with Gasteiger partial charge in [-0.15, -0.1) is 0 Å². The van der Waals surface area contributed by atoms with E-state index in [1.165, 1.54) is 11.1 Å². The maximum Gasteiger partial charge on any atom is 0.138 e. The molecule has 3 aromatic rings. The number of benzene rings is 2. The Kier molecular flexibility index (Phi) is 5.11. The van der Waals surface area contributed by atoms with Gasteiger partial charge in [0.1, 0.15) is 12.0 Å². The lowest BCUT2D eigenvalue weighted by molar-refractivity contribution is 0.0288. The first-order valence-electron chi connectivity index (χ1n) is 8.65. The average molecular weight is 413 g/mol. The van der Waals surface area contributed by atoms with Crippen LogP contribution in [0.5, 0.6) is 5.75 Å². The van der Waals surface area contributed by atoms with Gasteiger partial charge in [0.25, 0.3) is 0 Å². The molecule has 1 unspecified atom stereocenters. The van der Waals surface area contributed by atoms with Crippen LogP contribution in [0.25, 0.3) is 5.69 Å². The van der Waals surface area contributed by atoms with E-state index in [9.17, 15) is 0 Å². The molecule has 0 radical (unpaired) electrons. The molecule has 0 aliphatic carbocycles. The summed E-state index contributed by atoms with van der Waals surface area (Å²) in [6.45, 7) is 2.54. The molecule has 134 valence electrons. The largest absolute Gasteiger partial charge is 0.497 e. The summed E-state index contributed by atoms with van der Waals surface area (Å²) >= 11 is 3.48. The molecule has 1 fully saturated rings. The van der Waals surface area contributed by atoms with Crippen molar-refractivity contribution in [3.8, 4) is 11.4 Å². The zero-order valence-electron chi connectivity index (χ0n) is 14.6. The third-order valence-corrected chi connectivity index (χ3v) is 5.18. The van der Waals surface area contributed by atoms with Crippen molar-refractivity contribution >= 4 is 15.9 Å². The van der Waals surface area contributed by atoms with Crippen molar-refractivity contribution in [2.24, 2.45) is 0 Å². The van der Waals surface area contributed by atoms with E-state index in [1.807, 2.05) is 12.1 Å².